The van der Waals surface area contributed by atoms with E-state index in [1.165, 1.54) is 12.1 Å². The lowest BCUT2D eigenvalue weighted by molar-refractivity contribution is -0.121. The van der Waals surface area contributed by atoms with Crippen LogP contribution in [0, 0.1) is 5.82 Å². The zero-order valence-corrected chi connectivity index (χ0v) is 16.3. The molecule has 0 saturated heterocycles. The van der Waals surface area contributed by atoms with E-state index in [1.54, 1.807) is 19.2 Å². The quantitative estimate of drug-likeness (QED) is 0.607. The Morgan fingerprint density at radius 1 is 1.15 bits per heavy atom. The first-order valence-electron chi connectivity index (χ1n) is 9.38. The first-order valence-corrected chi connectivity index (χ1v) is 9.38. The number of hydrogen-bond acceptors (Lipinski definition) is 3. The van der Waals surface area contributed by atoms with Gasteiger partial charge in [0, 0.05) is 0 Å². The number of amides is 1. The average molecular weight is 373 g/mol. The predicted molar refractivity (Wildman–Crippen MR) is 105 cm³/mol. The molecule has 0 heterocycles. The number of carbonyl (C=O) groups is 1. The van der Waals surface area contributed by atoms with E-state index in [2.05, 4.69) is 12.2 Å². The molecule has 0 spiro atoms. The third kappa shape index (κ3) is 6.59. The van der Waals surface area contributed by atoms with Gasteiger partial charge in [0.2, 0.25) is 5.91 Å². The molecule has 2 aromatic carbocycles. The van der Waals surface area contributed by atoms with Gasteiger partial charge < -0.3 is 14.8 Å². The summed E-state index contributed by atoms with van der Waals surface area (Å²) in [5.74, 6) is 0.852. The molecule has 2 aromatic rings. The summed E-state index contributed by atoms with van der Waals surface area (Å²) in [6, 6.07) is 11.5. The lowest BCUT2D eigenvalue weighted by atomic mass is 10.1. The molecule has 2 rings (SSSR count). The Morgan fingerprint density at radius 3 is 2.67 bits per heavy atom. The van der Waals surface area contributed by atoms with Gasteiger partial charge in [-0.1, -0.05) is 38.0 Å². The van der Waals surface area contributed by atoms with Crippen LogP contribution in [0.1, 0.15) is 50.3 Å². The number of ether oxygens (including phenoxy) is 2. The molecule has 0 aliphatic rings. The number of halogens is 1. The van der Waals surface area contributed by atoms with Gasteiger partial charge in [-0.3, -0.25) is 4.79 Å². The summed E-state index contributed by atoms with van der Waals surface area (Å²) in [5.41, 5.74) is 1.56. The number of hydrogen-bond donors (Lipinski definition) is 1. The molecular weight excluding hydrogens is 345 g/mol. The second-order valence-corrected chi connectivity index (χ2v) is 6.56. The minimum atomic E-state index is -0.340. The van der Waals surface area contributed by atoms with Crippen LogP contribution in [-0.2, 0) is 11.2 Å². The van der Waals surface area contributed by atoms with Gasteiger partial charge in [-0.2, -0.15) is 0 Å². The fourth-order valence-electron chi connectivity index (χ4n) is 2.82. The second kappa shape index (κ2) is 10.6. The fourth-order valence-corrected chi connectivity index (χ4v) is 2.82. The summed E-state index contributed by atoms with van der Waals surface area (Å²) in [4.78, 5) is 12.2. The van der Waals surface area contributed by atoms with E-state index in [4.69, 9.17) is 9.47 Å². The molecule has 0 saturated carbocycles. The number of carbonyl (C=O) groups excluding carboxylic acids is 1. The van der Waals surface area contributed by atoms with Crippen LogP contribution >= 0.6 is 0 Å². The van der Waals surface area contributed by atoms with E-state index in [0.29, 0.717) is 23.7 Å². The number of benzene rings is 2. The van der Waals surface area contributed by atoms with Gasteiger partial charge in [0.25, 0.3) is 0 Å². The standard InChI is InChI=1S/C22H28FNO3/c1-4-5-6-12-27-20-11-10-18(15-21(20)26-3)16(2)24-22(25)14-17-8-7-9-19(23)13-17/h7-11,13,15-16H,4-6,12,14H2,1-3H3,(H,24,25). The molecule has 0 radical (unpaired) electrons. The molecule has 27 heavy (non-hydrogen) atoms. The zero-order chi connectivity index (χ0) is 19.6. The maximum absolute atomic E-state index is 13.2. The Hall–Kier alpha value is -2.56. The van der Waals surface area contributed by atoms with E-state index in [1.807, 2.05) is 25.1 Å². The highest BCUT2D eigenvalue weighted by Crippen LogP contribution is 2.30. The van der Waals surface area contributed by atoms with Crippen LogP contribution in [0.2, 0.25) is 0 Å². The molecule has 1 unspecified atom stereocenters. The maximum Gasteiger partial charge on any atom is 0.224 e. The Balaban J connectivity index is 1.96. The Morgan fingerprint density at radius 2 is 1.96 bits per heavy atom. The second-order valence-electron chi connectivity index (χ2n) is 6.56. The third-order valence-electron chi connectivity index (χ3n) is 4.32. The van der Waals surface area contributed by atoms with Gasteiger partial charge in [-0.25, -0.2) is 4.39 Å². The highest BCUT2D eigenvalue weighted by Gasteiger charge is 2.13. The van der Waals surface area contributed by atoms with Crippen molar-refractivity contribution in [3.8, 4) is 11.5 Å². The third-order valence-corrected chi connectivity index (χ3v) is 4.32. The molecule has 5 heteroatoms. The molecule has 146 valence electrons. The highest BCUT2D eigenvalue weighted by atomic mass is 19.1. The highest BCUT2D eigenvalue weighted by molar-refractivity contribution is 5.79. The average Bonchev–Trinajstić information content (AvgIpc) is 2.65. The van der Waals surface area contributed by atoms with Crippen LogP contribution in [0.4, 0.5) is 4.39 Å². The molecule has 0 aliphatic carbocycles. The molecule has 1 amide bonds. The maximum atomic E-state index is 13.2. The van der Waals surface area contributed by atoms with Crippen LogP contribution in [0.25, 0.3) is 0 Å². The van der Waals surface area contributed by atoms with Gasteiger partial charge in [0.1, 0.15) is 5.82 Å². The van der Waals surface area contributed by atoms with Gasteiger partial charge in [-0.15, -0.1) is 0 Å². The van der Waals surface area contributed by atoms with Crippen LogP contribution in [-0.4, -0.2) is 19.6 Å². The summed E-state index contributed by atoms with van der Waals surface area (Å²) in [6.07, 6.45) is 3.42. The van der Waals surface area contributed by atoms with Crippen molar-refractivity contribution in [2.45, 2.75) is 45.6 Å². The van der Waals surface area contributed by atoms with Crippen LogP contribution < -0.4 is 14.8 Å². The fraction of sp³-hybridized carbons (Fsp3) is 0.409. The van der Waals surface area contributed by atoms with Gasteiger partial charge in [0.05, 0.1) is 26.2 Å². The zero-order valence-electron chi connectivity index (χ0n) is 16.3. The van der Waals surface area contributed by atoms with E-state index < -0.39 is 0 Å². The summed E-state index contributed by atoms with van der Waals surface area (Å²) in [5, 5.41) is 2.94. The molecule has 1 atom stereocenters. The summed E-state index contributed by atoms with van der Waals surface area (Å²) < 4.78 is 24.5. The van der Waals surface area contributed by atoms with E-state index in [0.717, 1.165) is 24.8 Å². The van der Waals surface area contributed by atoms with Gasteiger partial charge in [0.15, 0.2) is 11.5 Å². The van der Waals surface area contributed by atoms with Gasteiger partial charge >= 0.3 is 0 Å². The first kappa shape index (κ1) is 20.7. The molecule has 0 aromatic heterocycles. The number of rotatable bonds is 10. The van der Waals surface area contributed by atoms with Crippen molar-refractivity contribution in [2.75, 3.05) is 13.7 Å². The van der Waals surface area contributed by atoms with E-state index >= 15 is 0 Å². The summed E-state index contributed by atoms with van der Waals surface area (Å²) >= 11 is 0. The Bertz CT molecular complexity index is 748. The number of methoxy groups -OCH3 is 1. The lowest BCUT2D eigenvalue weighted by Crippen LogP contribution is -2.28. The van der Waals surface area contributed by atoms with E-state index in [-0.39, 0.29) is 24.2 Å². The van der Waals surface area contributed by atoms with Crippen LogP contribution in [0.3, 0.4) is 0 Å². The van der Waals surface area contributed by atoms with Crippen molar-refractivity contribution in [3.63, 3.8) is 0 Å². The Labute approximate surface area is 160 Å². The monoisotopic (exact) mass is 373 g/mol. The SMILES string of the molecule is CCCCCOc1ccc(C(C)NC(=O)Cc2cccc(F)c2)cc1OC. The largest absolute Gasteiger partial charge is 0.493 e. The molecule has 0 aliphatic heterocycles. The van der Waals surface area contributed by atoms with Crippen molar-refractivity contribution in [1.82, 2.24) is 5.32 Å². The van der Waals surface area contributed by atoms with Crippen molar-refractivity contribution in [3.05, 3.63) is 59.4 Å². The minimum Gasteiger partial charge on any atom is -0.493 e. The van der Waals surface area contributed by atoms with Gasteiger partial charge in [-0.05, 0) is 48.7 Å². The van der Waals surface area contributed by atoms with Crippen molar-refractivity contribution < 1.29 is 18.7 Å². The molecular formula is C22H28FNO3. The smallest absolute Gasteiger partial charge is 0.224 e. The number of nitrogens with one attached hydrogen (secondary N) is 1. The number of unbranched alkanes of at least 4 members (excludes halogenated alkanes) is 2. The van der Waals surface area contributed by atoms with Crippen molar-refractivity contribution >= 4 is 5.91 Å². The molecule has 4 nitrogen and oxygen atoms in total. The minimum absolute atomic E-state index is 0.137. The predicted octanol–water partition coefficient (Wildman–Crippen LogP) is 4.82. The lowest BCUT2D eigenvalue weighted by Gasteiger charge is -2.17. The van der Waals surface area contributed by atoms with Crippen LogP contribution in [0.15, 0.2) is 42.5 Å². The van der Waals surface area contributed by atoms with E-state index in [9.17, 15) is 9.18 Å². The molecule has 0 fully saturated rings. The van der Waals surface area contributed by atoms with Crippen molar-refractivity contribution in [1.29, 1.82) is 0 Å². The van der Waals surface area contributed by atoms with Crippen LogP contribution in [0.5, 0.6) is 11.5 Å². The molecule has 0 bridgehead atoms. The normalized spacial score (nSPS) is 11.7. The first-order chi connectivity index (χ1) is 13.0. The topological polar surface area (TPSA) is 47.6 Å². The summed E-state index contributed by atoms with van der Waals surface area (Å²) in [6.45, 7) is 4.71. The Kier molecular flexibility index (Phi) is 8.11. The van der Waals surface area contributed by atoms with Crippen molar-refractivity contribution in [2.24, 2.45) is 0 Å². The summed E-state index contributed by atoms with van der Waals surface area (Å²) in [7, 11) is 1.60. The molecule has 1 N–H and O–H groups in total.